The lowest BCUT2D eigenvalue weighted by molar-refractivity contribution is 0.0994. The van der Waals surface area contributed by atoms with Gasteiger partial charge in [0.15, 0.2) is 10.9 Å². The van der Waals surface area contributed by atoms with Crippen LogP contribution in [0.5, 0.6) is 0 Å². The number of nitrogens with zero attached hydrogens (tertiary/aromatic N) is 3. The summed E-state index contributed by atoms with van der Waals surface area (Å²) in [6, 6.07) is 17.1. The van der Waals surface area contributed by atoms with Gasteiger partial charge in [-0.25, -0.2) is 0 Å². The Hall–Kier alpha value is -2.11. The van der Waals surface area contributed by atoms with Crippen LogP contribution in [0.15, 0.2) is 59.8 Å². The normalized spacial score (nSPS) is 15.0. The van der Waals surface area contributed by atoms with Crippen LogP contribution in [0, 0.1) is 0 Å². The third kappa shape index (κ3) is 3.55. The fourth-order valence-corrected chi connectivity index (χ4v) is 3.92. The molecule has 0 saturated heterocycles. The minimum atomic E-state index is -0.269. The Kier molecular flexibility index (Phi) is 4.83. The number of thioether (sulfide) groups is 1. The molecule has 1 fully saturated rings. The van der Waals surface area contributed by atoms with Gasteiger partial charge in [-0.3, -0.25) is 9.36 Å². The summed E-state index contributed by atoms with van der Waals surface area (Å²) in [5.41, 5.74) is 1.69. The Morgan fingerprint density at radius 3 is 2.46 bits per heavy atom. The number of benzene rings is 2. The summed E-state index contributed by atoms with van der Waals surface area (Å²) in [6.07, 6.45) is 2.30. The van der Waals surface area contributed by atoms with E-state index in [1.807, 2.05) is 37.3 Å². The van der Waals surface area contributed by atoms with Crippen LogP contribution >= 0.6 is 23.4 Å². The zero-order valence-electron chi connectivity index (χ0n) is 14.3. The molecular weight excluding hydrogens is 366 g/mol. The average molecular weight is 384 g/mol. The summed E-state index contributed by atoms with van der Waals surface area (Å²) in [6.45, 7) is 1.91. The number of ketones is 1. The molecule has 0 spiro atoms. The molecule has 1 heterocycles. The number of carbonyl (C=O) groups is 1. The smallest absolute Gasteiger partial charge is 0.196 e. The summed E-state index contributed by atoms with van der Waals surface area (Å²) in [7, 11) is 0. The Bertz CT molecular complexity index is 920. The van der Waals surface area contributed by atoms with E-state index >= 15 is 0 Å². The summed E-state index contributed by atoms with van der Waals surface area (Å²) >= 11 is 7.36. The summed E-state index contributed by atoms with van der Waals surface area (Å²) in [4.78, 5) is 12.7. The molecule has 0 bridgehead atoms. The molecule has 1 aliphatic carbocycles. The quantitative estimate of drug-likeness (QED) is 0.435. The highest BCUT2D eigenvalue weighted by Crippen LogP contribution is 2.41. The van der Waals surface area contributed by atoms with Crippen LogP contribution in [-0.2, 0) is 0 Å². The van der Waals surface area contributed by atoms with Crippen molar-refractivity contribution in [1.29, 1.82) is 0 Å². The zero-order valence-corrected chi connectivity index (χ0v) is 15.9. The molecule has 0 aliphatic heterocycles. The first kappa shape index (κ1) is 17.3. The minimum Gasteiger partial charge on any atom is -0.293 e. The third-order valence-corrected chi connectivity index (χ3v) is 5.69. The first-order valence-electron chi connectivity index (χ1n) is 8.60. The van der Waals surface area contributed by atoms with Gasteiger partial charge in [0.25, 0.3) is 0 Å². The second kappa shape index (κ2) is 7.25. The number of halogens is 1. The maximum Gasteiger partial charge on any atom is 0.196 e. The van der Waals surface area contributed by atoms with E-state index in [1.54, 1.807) is 24.3 Å². The zero-order chi connectivity index (χ0) is 18.1. The van der Waals surface area contributed by atoms with Crippen molar-refractivity contribution in [3.8, 4) is 5.69 Å². The lowest BCUT2D eigenvalue weighted by atomic mass is 10.1. The van der Waals surface area contributed by atoms with Gasteiger partial charge >= 0.3 is 0 Å². The van der Waals surface area contributed by atoms with Crippen molar-refractivity contribution < 1.29 is 4.79 Å². The van der Waals surface area contributed by atoms with Crippen molar-refractivity contribution in [2.75, 3.05) is 0 Å². The maximum absolute atomic E-state index is 12.7. The molecule has 132 valence electrons. The Labute approximate surface area is 161 Å². The third-order valence-electron chi connectivity index (χ3n) is 4.40. The van der Waals surface area contributed by atoms with Crippen LogP contribution in [0.4, 0.5) is 0 Å². The van der Waals surface area contributed by atoms with Gasteiger partial charge < -0.3 is 0 Å². The number of hydrogen-bond acceptors (Lipinski definition) is 4. The fourth-order valence-electron chi connectivity index (χ4n) is 2.84. The van der Waals surface area contributed by atoms with E-state index in [0.29, 0.717) is 16.5 Å². The summed E-state index contributed by atoms with van der Waals surface area (Å²) < 4.78 is 2.09. The lowest BCUT2D eigenvalue weighted by Gasteiger charge is -2.13. The Balaban J connectivity index is 1.62. The van der Waals surface area contributed by atoms with E-state index in [4.69, 9.17) is 11.6 Å². The van der Waals surface area contributed by atoms with Crippen molar-refractivity contribution in [2.24, 2.45) is 0 Å². The second-order valence-electron chi connectivity index (χ2n) is 6.42. The molecule has 1 atom stereocenters. The molecule has 1 aromatic heterocycles. The standard InChI is InChI=1S/C20H18ClN3OS/c1-13(18(25)14-9-11-16(21)12-10-14)26-20-23-22-19(15-7-8-15)24(20)17-5-3-2-4-6-17/h2-6,9-13,15H,7-8H2,1H3. The van der Waals surface area contributed by atoms with Gasteiger partial charge in [0, 0.05) is 22.2 Å². The molecule has 1 unspecified atom stereocenters. The van der Waals surface area contributed by atoms with E-state index in [0.717, 1.165) is 29.5 Å². The summed E-state index contributed by atoms with van der Waals surface area (Å²) in [5, 5.41) is 9.91. The van der Waals surface area contributed by atoms with Crippen LogP contribution in [0.1, 0.15) is 41.9 Å². The van der Waals surface area contributed by atoms with Gasteiger partial charge in [-0.2, -0.15) is 0 Å². The molecule has 4 rings (SSSR count). The molecular formula is C20H18ClN3OS. The van der Waals surface area contributed by atoms with Crippen molar-refractivity contribution in [2.45, 2.75) is 36.1 Å². The SMILES string of the molecule is CC(Sc1nnc(C2CC2)n1-c1ccccc1)C(=O)c1ccc(Cl)cc1. The molecule has 1 aliphatic rings. The number of para-hydroxylation sites is 1. The average Bonchev–Trinajstić information content (AvgIpc) is 3.43. The minimum absolute atomic E-state index is 0.0576. The first-order valence-corrected chi connectivity index (χ1v) is 9.86. The molecule has 0 radical (unpaired) electrons. The van der Waals surface area contributed by atoms with Crippen molar-refractivity contribution >= 4 is 29.1 Å². The first-order chi connectivity index (χ1) is 12.6. The van der Waals surface area contributed by atoms with E-state index in [2.05, 4.69) is 14.8 Å². The molecule has 26 heavy (non-hydrogen) atoms. The molecule has 0 N–H and O–H groups in total. The van der Waals surface area contributed by atoms with Crippen LogP contribution in [-0.4, -0.2) is 25.8 Å². The monoisotopic (exact) mass is 383 g/mol. The van der Waals surface area contributed by atoms with Crippen molar-refractivity contribution in [1.82, 2.24) is 14.8 Å². The largest absolute Gasteiger partial charge is 0.293 e. The Morgan fingerprint density at radius 1 is 1.12 bits per heavy atom. The number of carbonyl (C=O) groups excluding carboxylic acids is 1. The highest BCUT2D eigenvalue weighted by Gasteiger charge is 2.32. The molecule has 3 aromatic rings. The van der Waals surface area contributed by atoms with E-state index in [1.165, 1.54) is 11.8 Å². The maximum atomic E-state index is 12.7. The van der Waals surface area contributed by atoms with Gasteiger partial charge in [-0.15, -0.1) is 10.2 Å². The highest BCUT2D eigenvalue weighted by atomic mass is 35.5. The highest BCUT2D eigenvalue weighted by molar-refractivity contribution is 8.00. The van der Waals surface area contributed by atoms with Crippen LogP contribution in [0.25, 0.3) is 5.69 Å². The van der Waals surface area contributed by atoms with Crippen molar-refractivity contribution in [3.63, 3.8) is 0 Å². The predicted molar refractivity (Wildman–Crippen MR) is 104 cm³/mol. The molecule has 0 amide bonds. The number of Topliss-reactive ketones (excluding diaryl/α,β-unsaturated/α-hetero) is 1. The summed E-state index contributed by atoms with van der Waals surface area (Å²) in [5.74, 6) is 1.52. The lowest BCUT2D eigenvalue weighted by Crippen LogP contribution is -2.14. The van der Waals surface area contributed by atoms with Gasteiger partial charge in [0.2, 0.25) is 0 Å². The molecule has 2 aromatic carbocycles. The molecule has 1 saturated carbocycles. The van der Waals surface area contributed by atoms with Gasteiger partial charge in [0.05, 0.1) is 5.25 Å². The number of rotatable bonds is 6. The topological polar surface area (TPSA) is 47.8 Å². The van der Waals surface area contributed by atoms with E-state index in [9.17, 15) is 4.79 Å². The van der Waals surface area contributed by atoms with Crippen LogP contribution < -0.4 is 0 Å². The van der Waals surface area contributed by atoms with E-state index < -0.39 is 0 Å². The van der Waals surface area contributed by atoms with Gasteiger partial charge in [-0.1, -0.05) is 41.6 Å². The van der Waals surface area contributed by atoms with Gasteiger partial charge in [-0.05, 0) is 56.2 Å². The van der Waals surface area contributed by atoms with Crippen LogP contribution in [0.3, 0.4) is 0 Å². The fraction of sp³-hybridized carbons (Fsp3) is 0.250. The molecule has 6 heteroatoms. The van der Waals surface area contributed by atoms with Crippen molar-refractivity contribution in [3.05, 3.63) is 71.0 Å². The number of aromatic nitrogens is 3. The van der Waals surface area contributed by atoms with Crippen LogP contribution in [0.2, 0.25) is 5.02 Å². The second-order valence-corrected chi connectivity index (χ2v) is 8.16. The van der Waals surface area contributed by atoms with E-state index in [-0.39, 0.29) is 11.0 Å². The van der Waals surface area contributed by atoms with Gasteiger partial charge in [0.1, 0.15) is 5.82 Å². The number of hydrogen-bond donors (Lipinski definition) is 0. The molecule has 4 nitrogen and oxygen atoms in total. The predicted octanol–water partition coefficient (Wildman–Crippen LogP) is 5.16. The Morgan fingerprint density at radius 2 is 1.81 bits per heavy atom.